The standard InChI is InChI=1S/C21H24FN5O2/c1-13(28)26-10-8-16(9-11-26)27-18-17(21(2,3)19(27)29)12-23-20(25-18)24-15-6-4-14(22)5-7-15/h4-7,12,16H,8-11H2,1-3H3,(H,23,24,25). The van der Waals surface area contributed by atoms with Gasteiger partial charge >= 0.3 is 0 Å². The first-order chi connectivity index (χ1) is 13.8. The molecule has 1 fully saturated rings. The van der Waals surface area contributed by atoms with Crippen molar-refractivity contribution in [2.45, 2.75) is 45.1 Å². The molecule has 0 unspecified atom stereocenters. The summed E-state index contributed by atoms with van der Waals surface area (Å²) in [7, 11) is 0. The maximum Gasteiger partial charge on any atom is 0.238 e. The molecule has 2 aliphatic heterocycles. The largest absolute Gasteiger partial charge is 0.343 e. The van der Waals surface area contributed by atoms with Crippen LogP contribution < -0.4 is 10.2 Å². The highest BCUT2D eigenvalue weighted by atomic mass is 19.1. The molecule has 0 bridgehead atoms. The average Bonchev–Trinajstić information content (AvgIpc) is 2.89. The van der Waals surface area contributed by atoms with Crippen molar-refractivity contribution in [1.29, 1.82) is 0 Å². The molecule has 152 valence electrons. The molecule has 2 aliphatic rings. The summed E-state index contributed by atoms with van der Waals surface area (Å²) in [6.45, 7) is 6.60. The third-order valence-corrected chi connectivity index (χ3v) is 5.80. The van der Waals surface area contributed by atoms with Gasteiger partial charge < -0.3 is 10.2 Å². The molecule has 7 nitrogen and oxygen atoms in total. The molecule has 29 heavy (non-hydrogen) atoms. The Labute approximate surface area is 168 Å². The van der Waals surface area contributed by atoms with Crippen LogP contribution in [0.5, 0.6) is 0 Å². The van der Waals surface area contributed by atoms with Gasteiger partial charge in [0.15, 0.2) is 0 Å². The van der Waals surface area contributed by atoms with Gasteiger partial charge in [-0.3, -0.25) is 14.5 Å². The van der Waals surface area contributed by atoms with Crippen LogP contribution in [-0.2, 0) is 15.0 Å². The third kappa shape index (κ3) is 3.43. The van der Waals surface area contributed by atoms with Crippen LogP contribution in [0.2, 0.25) is 0 Å². The Balaban J connectivity index is 1.63. The number of hydrogen-bond donors (Lipinski definition) is 1. The minimum Gasteiger partial charge on any atom is -0.343 e. The maximum atomic E-state index is 13.2. The fourth-order valence-electron chi connectivity index (χ4n) is 4.01. The molecule has 0 spiro atoms. The molecule has 1 aromatic heterocycles. The van der Waals surface area contributed by atoms with Gasteiger partial charge in [-0.25, -0.2) is 9.37 Å². The van der Waals surface area contributed by atoms with Gasteiger partial charge in [0.25, 0.3) is 0 Å². The van der Waals surface area contributed by atoms with E-state index in [1.165, 1.54) is 12.1 Å². The Morgan fingerprint density at radius 2 is 1.86 bits per heavy atom. The van der Waals surface area contributed by atoms with Gasteiger partial charge in [-0.05, 0) is 51.0 Å². The number of nitrogens with one attached hydrogen (secondary N) is 1. The molecular weight excluding hydrogens is 373 g/mol. The van der Waals surface area contributed by atoms with Crippen LogP contribution in [-0.4, -0.2) is 45.8 Å². The molecule has 0 atom stereocenters. The Bertz CT molecular complexity index is 952. The minimum absolute atomic E-state index is 0.00186. The van der Waals surface area contributed by atoms with Crippen molar-refractivity contribution < 1.29 is 14.0 Å². The second-order valence-electron chi connectivity index (χ2n) is 8.10. The molecule has 1 N–H and O–H groups in total. The number of hydrogen-bond acceptors (Lipinski definition) is 5. The maximum absolute atomic E-state index is 13.2. The predicted molar refractivity (Wildman–Crippen MR) is 108 cm³/mol. The van der Waals surface area contributed by atoms with Crippen molar-refractivity contribution in [3.8, 4) is 0 Å². The second-order valence-corrected chi connectivity index (χ2v) is 8.10. The summed E-state index contributed by atoms with van der Waals surface area (Å²) in [5.41, 5.74) is 0.749. The van der Waals surface area contributed by atoms with E-state index in [0.29, 0.717) is 43.4 Å². The van der Waals surface area contributed by atoms with Gasteiger partial charge in [-0.1, -0.05) is 0 Å². The van der Waals surface area contributed by atoms with E-state index >= 15 is 0 Å². The van der Waals surface area contributed by atoms with E-state index in [0.717, 1.165) is 5.56 Å². The number of rotatable bonds is 3. The molecule has 2 amide bonds. The number of likely N-dealkylation sites (tertiary alicyclic amines) is 1. The first-order valence-electron chi connectivity index (χ1n) is 9.76. The summed E-state index contributed by atoms with van der Waals surface area (Å²) in [5.74, 6) is 0.709. The zero-order valence-electron chi connectivity index (χ0n) is 16.8. The number of benzene rings is 1. The number of aromatic nitrogens is 2. The zero-order valence-corrected chi connectivity index (χ0v) is 16.8. The van der Waals surface area contributed by atoms with E-state index < -0.39 is 5.41 Å². The zero-order chi connectivity index (χ0) is 20.8. The number of carbonyl (C=O) groups excluding carboxylic acids is 2. The lowest BCUT2D eigenvalue weighted by atomic mass is 9.88. The van der Waals surface area contributed by atoms with Crippen LogP contribution >= 0.6 is 0 Å². The minimum atomic E-state index is -0.707. The molecule has 1 aromatic carbocycles. The highest BCUT2D eigenvalue weighted by molar-refractivity contribution is 6.07. The van der Waals surface area contributed by atoms with E-state index in [1.807, 2.05) is 18.7 Å². The molecular formula is C21H24FN5O2. The Kier molecular flexibility index (Phi) is 4.72. The number of anilines is 3. The Morgan fingerprint density at radius 1 is 1.21 bits per heavy atom. The van der Waals surface area contributed by atoms with Crippen LogP contribution in [0, 0.1) is 5.82 Å². The summed E-state index contributed by atoms with van der Waals surface area (Å²) in [5, 5.41) is 3.07. The van der Waals surface area contributed by atoms with Gasteiger partial charge in [0.1, 0.15) is 11.6 Å². The first kappa shape index (κ1) is 19.3. The van der Waals surface area contributed by atoms with Gasteiger partial charge in [-0.15, -0.1) is 0 Å². The van der Waals surface area contributed by atoms with Gasteiger partial charge in [0, 0.05) is 43.5 Å². The molecule has 4 rings (SSSR count). The van der Waals surface area contributed by atoms with Crippen molar-refractivity contribution in [2.24, 2.45) is 0 Å². The van der Waals surface area contributed by atoms with E-state index in [9.17, 15) is 14.0 Å². The third-order valence-electron chi connectivity index (χ3n) is 5.80. The molecule has 3 heterocycles. The lowest BCUT2D eigenvalue weighted by Gasteiger charge is -2.36. The lowest BCUT2D eigenvalue weighted by molar-refractivity contribution is -0.129. The topological polar surface area (TPSA) is 78.4 Å². The van der Waals surface area contributed by atoms with Crippen molar-refractivity contribution in [2.75, 3.05) is 23.3 Å². The van der Waals surface area contributed by atoms with E-state index in [-0.39, 0.29) is 23.7 Å². The molecule has 0 radical (unpaired) electrons. The number of halogens is 1. The molecule has 8 heteroatoms. The van der Waals surface area contributed by atoms with Crippen LogP contribution in [0.25, 0.3) is 0 Å². The highest BCUT2D eigenvalue weighted by Gasteiger charge is 2.48. The highest BCUT2D eigenvalue weighted by Crippen LogP contribution is 2.42. The van der Waals surface area contributed by atoms with Crippen LogP contribution in [0.1, 0.15) is 39.2 Å². The van der Waals surface area contributed by atoms with Gasteiger partial charge in [-0.2, -0.15) is 4.98 Å². The number of piperidine rings is 1. The molecule has 0 saturated carbocycles. The summed E-state index contributed by atoms with van der Waals surface area (Å²) >= 11 is 0. The van der Waals surface area contributed by atoms with Gasteiger partial charge in [0.2, 0.25) is 17.8 Å². The smallest absolute Gasteiger partial charge is 0.238 e. The van der Waals surface area contributed by atoms with E-state index in [4.69, 9.17) is 0 Å². The first-order valence-corrected chi connectivity index (χ1v) is 9.76. The van der Waals surface area contributed by atoms with Gasteiger partial charge in [0.05, 0.1) is 5.41 Å². The second kappa shape index (κ2) is 7.09. The summed E-state index contributed by atoms with van der Waals surface area (Å²) in [6, 6.07) is 5.92. The predicted octanol–water partition coefficient (Wildman–Crippen LogP) is 2.99. The molecule has 2 aromatic rings. The van der Waals surface area contributed by atoms with E-state index in [2.05, 4.69) is 15.3 Å². The lowest BCUT2D eigenvalue weighted by Crippen LogP contribution is -2.49. The SMILES string of the molecule is CC(=O)N1CCC(N2C(=O)C(C)(C)c3cnc(Nc4ccc(F)cc4)nc32)CC1. The molecule has 0 aliphatic carbocycles. The monoisotopic (exact) mass is 397 g/mol. The summed E-state index contributed by atoms with van der Waals surface area (Å²) in [4.78, 5) is 37.4. The number of amides is 2. The van der Waals surface area contributed by atoms with Crippen molar-refractivity contribution >= 4 is 29.3 Å². The molecule has 1 saturated heterocycles. The van der Waals surface area contributed by atoms with Crippen molar-refractivity contribution in [1.82, 2.24) is 14.9 Å². The Morgan fingerprint density at radius 3 is 2.48 bits per heavy atom. The fourth-order valence-corrected chi connectivity index (χ4v) is 4.01. The van der Waals surface area contributed by atoms with Crippen molar-refractivity contribution in [3.63, 3.8) is 0 Å². The fraction of sp³-hybridized carbons (Fsp3) is 0.429. The number of carbonyl (C=O) groups is 2. The number of nitrogens with zero attached hydrogens (tertiary/aromatic N) is 4. The number of fused-ring (bicyclic) bond motifs is 1. The van der Waals surface area contributed by atoms with Crippen molar-refractivity contribution in [3.05, 3.63) is 41.8 Å². The van der Waals surface area contributed by atoms with Crippen LogP contribution in [0.4, 0.5) is 21.8 Å². The van der Waals surface area contributed by atoms with Crippen LogP contribution in [0.3, 0.4) is 0 Å². The quantitative estimate of drug-likeness (QED) is 0.861. The normalized spacial score (nSPS) is 18.7. The average molecular weight is 397 g/mol. The summed E-state index contributed by atoms with van der Waals surface area (Å²) in [6.07, 6.45) is 3.12. The summed E-state index contributed by atoms with van der Waals surface area (Å²) < 4.78 is 13.1. The van der Waals surface area contributed by atoms with Crippen LogP contribution in [0.15, 0.2) is 30.5 Å². The van der Waals surface area contributed by atoms with E-state index in [1.54, 1.807) is 30.2 Å². The Hall–Kier alpha value is -3.03.